The molecular weight excluding hydrogens is 247 g/mol. The van der Waals surface area contributed by atoms with Gasteiger partial charge in [0.05, 0.1) is 5.66 Å². The van der Waals surface area contributed by atoms with Crippen molar-refractivity contribution in [2.24, 2.45) is 11.8 Å². The molecule has 2 saturated carbocycles. The van der Waals surface area contributed by atoms with Crippen molar-refractivity contribution < 1.29 is 14.4 Å². The minimum atomic E-state index is -3.85. The van der Waals surface area contributed by atoms with E-state index in [1.807, 2.05) is 0 Å². The van der Waals surface area contributed by atoms with E-state index in [-0.39, 0.29) is 5.66 Å². The number of rotatable bonds is 2. The van der Waals surface area contributed by atoms with Gasteiger partial charge in [-0.3, -0.25) is 4.57 Å². The summed E-state index contributed by atoms with van der Waals surface area (Å²) in [5, 5.41) is 0. The van der Waals surface area contributed by atoms with Crippen molar-refractivity contribution in [1.29, 1.82) is 0 Å². The molecule has 2 rings (SSSR count). The maximum Gasteiger partial charge on any atom is 0.328 e. The third-order valence-electron chi connectivity index (χ3n) is 4.98. The van der Waals surface area contributed by atoms with Gasteiger partial charge in [-0.25, -0.2) is 0 Å². The molecular formula is C14H27O3P. The highest BCUT2D eigenvalue weighted by molar-refractivity contribution is 7.52. The Morgan fingerprint density at radius 3 is 1.89 bits per heavy atom. The van der Waals surface area contributed by atoms with Crippen molar-refractivity contribution in [2.45, 2.75) is 76.3 Å². The van der Waals surface area contributed by atoms with E-state index in [0.29, 0.717) is 5.92 Å². The smallest absolute Gasteiger partial charge is 0.324 e. The van der Waals surface area contributed by atoms with E-state index >= 15 is 0 Å². The SMILES string of the molecule is O=P(O)(O)C1CCCC(C2CCCCCCC2)C1. The number of hydrogen-bond donors (Lipinski definition) is 2. The van der Waals surface area contributed by atoms with E-state index in [1.54, 1.807) is 0 Å². The van der Waals surface area contributed by atoms with E-state index in [1.165, 1.54) is 51.4 Å². The molecule has 0 amide bonds. The topological polar surface area (TPSA) is 57.5 Å². The molecule has 2 N–H and O–H groups in total. The zero-order chi connectivity index (χ0) is 13.0. The lowest BCUT2D eigenvalue weighted by atomic mass is 9.74. The van der Waals surface area contributed by atoms with Gasteiger partial charge in [-0.1, -0.05) is 57.8 Å². The Balaban J connectivity index is 1.92. The molecule has 106 valence electrons. The van der Waals surface area contributed by atoms with Crippen molar-refractivity contribution in [3.05, 3.63) is 0 Å². The molecule has 0 heterocycles. The normalized spacial score (nSPS) is 32.8. The molecule has 0 aromatic carbocycles. The molecule has 0 aromatic heterocycles. The van der Waals surface area contributed by atoms with Crippen molar-refractivity contribution in [1.82, 2.24) is 0 Å². The fourth-order valence-electron chi connectivity index (χ4n) is 3.89. The van der Waals surface area contributed by atoms with E-state index < -0.39 is 7.60 Å². The molecule has 4 heteroatoms. The van der Waals surface area contributed by atoms with Gasteiger partial charge < -0.3 is 9.79 Å². The Kier molecular flexibility index (Phi) is 5.29. The van der Waals surface area contributed by atoms with Gasteiger partial charge in [0, 0.05) is 0 Å². The summed E-state index contributed by atoms with van der Waals surface area (Å²) in [7, 11) is -3.85. The minimum Gasteiger partial charge on any atom is -0.324 e. The number of hydrogen-bond acceptors (Lipinski definition) is 1. The first-order valence-electron chi connectivity index (χ1n) is 7.62. The van der Waals surface area contributed by atoms with Crippen LogP contribution in [0.15, 0.2) is 0 Å². The first-order valence-corrected chi connectivity index (χ1v) is 9.31. The summed E-state index contributed by atoms with van der Waals surface area (Å²) in [4.78, 5) is 18.7. The molecule has 0 saturated heterocycles. The van der Waals surface area contributed by atoms with Crippen molar-refractivity contribution in [2.75, 3.05) is 0 Å². The largest absolute Gasteiger partial charge is 0.328 e. The first kappa shape index (κ1) is 14.6. The summed E-state index contributed by atoms with van der Waals surface area (Å²) in [5.41, 5.74) is -0.346. The molecule has 0 bridgehead atoms. The summed E-state index contributed by atoms with van der Waals surface area (Å²) in [6, 6.07) is 0. The Hall–Kier alpha value is 0.150. The van der Waals surface area contributed by atoms with Gasteiger partial charge in [0.25, 0.3) is 0 Å². The van der Waals surface area contributed by atoms with Crippen LogP contribution >= 0.6 is 7.60 Å². The highest BCUT2D eigenvalue weighted by Gasteiger charge is 2.36. The van der Waals surface area contributed by atoms with Crippen molar-refractivity contribution in [3.8, 4) is 0 Å². The summed E-state index contributed by atoms with van der Waals surface area (Å²) in [5.74, 6) is 1.31. The Labute approximate surface area is 111 Å². The molecule has 2 aliphatic carbocycles. The third-order valence-corrected chi connectivity index (χ3v) is 6.40. The molecule has 3 nitrogen and oxygen atoms in total. The quantitative estimate of drug-likeness (QED) is 0.746. The Morgan fingerprint density at radius 1 is 0.722 bits per heavy atom. The highest BCUT2D eigenvalue weighted by atomic mass is 31.2. The van der Waals surface area contributed by atoms with Gasteiger partial charge in [0.15, 0.2) is 0 Å². The molecule has 2 aliphatic rings. The van der Waals surface area contributed by atoms with Gasteiger partial charge in [-0.2, -0.15) is 0 Å². The molecule has 2 fully saturated rings. The zero-order valence-electron chi connectivity index (χ0n) is 11.3. The first-order chi connectivity index (χ1) is 8.57. The minimum absolute atomic E-state index is 0.346. The monoisotopic (exact) mass is 274 g/mol. The average molecular weight is 274 g/mol. The predicted molar refractivity (Wildman–Crippen MR) is 73.6 cm³/mol. The second-order valence-corrected chi connectivity index (χ2v) is 8.18. The molecule has 2 atom stereocenters. The van der Waals surface area contributed by atoms with Crippen LogP contribution in [-0.4, -0.2) is 15.4 Å². The lowest BCUT2D eigenvalue weighted by molar-refractivity contribution is 0.199. The molecule has 18 heavy (non-hydrogen) atoms. The van der Waals surface area contributed by atoms with E-state index in [4.69, 9.17) is 0 Å². The predicted octanol–water partition coefficient (Wildman–Crippen LogP) is 4.08. The van der Waals surface area contributed by atoms with Gasteiger partial charge in [-0.05, 0) is 24.7 Å². The van der Waals surface area contributed by atoms with Gasteiger partial charge in [-0.15, -0.1) is 0 Å². The Morgan fingerprint density at radius 2 is 1.28 bits per heavy atom. The van der Waals surface area contributed by atoms with Crippen LogP contribution in [0.4, 0.5) is 0 Å². The molecule has 2 unspecified atom stereocenters. The summed E-state index contributed by atoms with van der Waals surface area (Å²) in [6.07, 6.45) is 13.0. The molecule has 0 aliphatic heterocycles. The maximum atomic E-state index is 11.4. The van der Waals surface area contributed by atoms with Crippen LogP contribution in [-0.2, 0) is 4.57 Å². The lowest BCUT2D eigenvalue weighted by Crippen LogP contribution is -2.26. The fraction of sp³-hybridized carbons (Fsp3) is 1.00. The van der Waals surface area contributed by atoms with E-state index in [0.717, 1.165) is 25.2 Å². The van der Waals surface area contributed by atoms with Crippen LogP contribution in [0, 0.1) is 11.8 Å². The standard InChI is InChI=1S/C14H27O3P/c15-18(16,17)14-10-6-9-13(11-14)12-7-4-2-1-3-5-8-12/h12-14H,1-11H2,(H2,15,16,17). The molecule has 0 radical (unpaired) electrons. The van der Waals surface area contributed by atoms with Crippen LogP contribution in [0.2, 0.25) is 0 Å². The zero-order valence-corrected chi connectivity index (χ0v) is 12.2. The van der Waals surface area contributed by atoms with Crippen molar-refractivity contribution in [3.63, 3.8) is 0 Å². The van der Waals surface area contributed by atoms with Crippen LogP contribution in [0.1, 0.15) is 70.6 Å². The van der Waals surface area contributed by atoms with Crippen LogP contribution in [0.25, 0.3) is 0 Å². The van der Waals surface area contributed by atoms with Crippen LogP contribution in [0.5, 0.6) is 0 Å². The average Bonchev–Trinajstić information content (AvgIpc) is 2.27. The lowest BCUT2D eigenvalue weighted by Gasteiger charge is -2.35. The van der Waals surface area contributed by atoms with Gasteiger partial charge in [0.2, 0.25) is 0 Å². The van der Waals surface area contributed by atoms with E-state index in [9.17, 15) is 14.4 Å². The molecule has 0 aromatic rings. The Bertz CT molecular complexity index is 291. The maximum absolute atomic E-state index is 11.4. The van der Waals surface area contributed by atoms with Gasteiger partial charge >= 0.3 is 7.60 Å². The summed E-state index contributed by atoms with van der Waals surface area (Å²) in [6.45, 7) is 0. The summed E-state index contributed by atoms with van der Waals surface area (Å²) >= 11 is 0. The van der Waals surface area contributed by atoms with Crippen molar-refractivity contribution >= 4 is 7.60 Å². The van der Waals surface area contributed by atoms with Crippen LogP contribution in [0.3, 0.4) is 0 Å². The fourth-order valence-corrected chi connectivity index (χ4v) is 4.96. The highest BCUT2D eigenvalue weighted by Crippen LogP contribution is 2.51. The van der Waals surface area contributed by atoms with Crippen LogP contribution < -0.4 is 0 Å². The second-order valence-electron chi connectivity index (χ2n) is 6.27. The third kappa shape index (κ3) is 4.08. The van der Waals surface area contributed by atoms with E-state index in [2.05, 4.69) is 0 Å². The second kappa shape index (κ2) is 6.54. The summed E-state index contributed by atoms with van der Waals surface area (Å²) < 4.78 is 11.4. The molecule has 0 spiro atoms. The van der Waals surface area contributed by atoms with Gasteiger partial charge in [0.1, 0.15) is 0 Å².